The van der Waals surface area contributed by atoms with Gasteiger partial charge in [-0.25, -0.2) is 17.2 Å². The van der Waals surface area contributed by atoms with Gasteiger partial charge < -0.3 is 0 Å². The van der Waals surface area contributed by atoms with Crippen molar-refractivity contribution in [1.82, 2.24) is 0 Å². The van der Waals surface area contributed by atoms with E-state index in [-0.39, 0.29) is 11.1 Å². The summed E-state index contributed by atoms with van der Waals surface area (Å²) in [6, 6.07) is 5.42. The molecule has 14 heavy (non-hydrogen) atoms. The molecule has 2 nitrogen and oxygen atoms in total. The third kappa shape index (κ3) is 3.23. The van der Waals surface area contributed by atoms with Crippen LogP contribution >= 0.6 is 10.7 Å². The summed E-state index contributed by atoms with van der Waals surface area (Å²) >= 11 is 0. The van der Waals surface area contributed by atoms with Gasteiger partial charge in [-0.05, 0) is 5.56 Å². The Labute approximate surface area is 84.9 Å². The zero-order valence-electron chi connectivity index (χ0n) is 6.95. The molecule has 6 heteroatoms. The van der Waals surface area contributed by atoms with Crippen molar-refractivity contribution in [2.24, 2.45) is 0 Å². The number of halogens is 3. The molecule has 0 aliphatic rings. The van der Waals surface area contributed by atoms with E-state index < -0.39 is 21.2 Å². The molecule has 0 aromatic heterocycles. The van der Waals surface area contributed by atoms with Gasteiger partial charge in [-0.2, -0.15) is 0 Å². The standard InChI is InChI=1S/C8H7ClF2O2S/c9-14(12,13)5-6-3-1-2-4-7(6)8(10)11/h1-4,8H,5H2. The minimum absolute atomic E-state index is 0.0394. The van der Waals surface area contributed by atoms with Crippen molar-refractivity contribution in [3.8, 4) is 0 Å². The molecule has 0 aliphatic carbocycles. The van der Waals surface area contributed by atoms with E-state index >= 15 is 0 Å². The molecule has 0 radical (unpaired) electrons. The van der Waals surface area contributed by atoms with E-state index in [9.17, 15) is 17.2 Å². The van der Waals surface area contributed by atoms with Crippen LogP contribution < -0.4 is 0 Å². The molecule has 1 aromatic rings. The summed E-state index contributed by atoms with van der Waals surface area (Å²) in [5.41, 5.74) is -0.255. The Morgan fingerprint density at radius 2 is 1.86 bits per heavy atom. The maximum absolute atomic E-state index is 12.4. The van der Waals surface area contributed by atoms with Gasteiger partial charge in [0, 0.05) is 16.2 Å². The van der Waals surface area contributed by atoms with Crippen molar-refractivity contribution >= 4 is 19.7 Å². The van der Waals surface area contributed by atoms with Crippen LogP contribution in [0, 0.1) is 0 Å². The summed E-state index contributed by atoms with van der Waals surface area (Å²) in [5, 5.41) is 0. The second-order valence-corrected chi connectivity index (χ2v) is 5.46. The average molecular weight is 241 g/mol. The molecule has 0 saturated heterocycles. The fourth-order valence-electron chi connectivity index (χ4n) is 1.06. The van der Waals surface area contributed by atoms with Gasteiger partial charge in [0.2, 0.25) is 9.05 Å². The third-order valence-corrected chi connectivity index (χ3v) is 2.60. The van der Waals surface area contributed by atoms with E-state index in [0.29, 0.717) is 0 Å². The highest BCUT2D eigenvalue weighted by atomic mass is 35.7. The summed E-state index contributed by atoms with van der Waals surface area (Å²) in [6.07, 6.45) is -2.69. The lowest BCUT2D eigenvalue weighted by Crippen LogP contribution is -2.00. The highest BCUT2D eigenvalue weighted by molar-refractivity contribution is 8.13. The predicted molar refractivity (Wildman–Crippen MR) is 49.9 cm³/mol. The largest absolute Gasteiger partial charge is 0.264 e. The van der Waals surface area contributed by atoms with Crippen LogP contribution in [0.25, 0.3) is 0 Å². The quantitative estimate of drug-likeness (QED) is 0.762. The lowest BCUT2D eigenvalue weighted by molar-refractivity contribution is 0.150. The molecule has 0 amide bonds. The highest BCUT2D eigenvalue weighted by Gasteiger charge is 2.16. The van der Waals surface area contributed by atoms with Crippen molar-refractivity contribution in [3.05, 3.63) is 35.4 Å². The Morgan fingerprint density at radius 3 is 2.36 bits per heavy atom. The molecular formula is C8H7ClF2O2S. The Morgan fingerprint density at radius 1 is 1.29 bits per heavy atom. The summed E-state index contributed by atoms with van der Waals surface area (Å²) in [6.45, 7) is 0. The molecule has 0 bridgehead atoms. The summed E-state index contributed by atoms with van der Waals surface area (Å²) in [5.74, 6) is -0.574. The van der Waals surface area contributed by atoms with Gasteiger partial charge in [0.05, 0.1) is 5.75 Å². The van der Waals surface area contributed by atoms with Crippen LogP contribution in [0.3, 0.4) is 0 Å². The molecule has 0 saturated carbocycles. The molecule has 0 N–H and O–H groups in total. The Kier molecular flexibility index (Phi) is 3.44. The van der Waals surface area contributed by atoms with Crippen LogP contribution in [0.1, 0.15) is 17.6 Å². The zero-order chi connectivity index (χ0) is 10.8. The molecule has 1 aromatic carbocycles. The SMILES string of the molecule is O=S(=O)(Cl)Cc1ccccc1C(F)F. The normalized spacial score (nSPS) is 12.0. The topological polar surface area (TPSA) is 34.1 Å². The Bertz CT molecular complexity index is 417. The van der Waals surface area contributed by atoms with Gasteiger partial charge in [-0.3, -0.25) is 0 Å². The summed E-state index contributed by atoms with van der Waals surface area (Å²) in [7, 11) is 1.18. The fourth-order valence-corrected chi connectivity index (χ4v) is 2.05. The van der Waals surface area contributed by atoms with Crippen LogP contribution in [0.2, 0.25) is 0 Å². The first-order valence-corrected chi connectivity index (χ1v) is 6.16. The second kappa shape index (κ2) is 4.23. The first-order valence-electron chi connectivity index (χ1n) is 3.68. The van der Waals surface area contributed by atoms with Crippen molar-refractivity contribution < 1.29 is 17.2 Å². The molecule has 0 atom stereocenters. The monoisotopic (exact) mass is 240 g/mol. The van der Waals surface area contributed by atoms with Gasteiger partial charge >= 0.3 is 0 Å². The molecule has 1 rings (SSSR count). The van der Waals surface area contributed by atoms with Gasteiger partial charge in [-0.1, -0.05) is 24.3 Å². The van der Waals surface area contributed by atoms with Crippen LogP contribution in [0.15, 0.2) is 24.3 Å². The summed E-state index contributed by atoms with van der Waals surface area (Å²) in [4.78, 5) is 0. The zero-order valence-corrected chi connectivity index (χ0v) is 8.52. The van der Waals surface area contributed by atoms with Gasteiger partial charge in [-0.15, -0.1) is 0 Å². The van der Waals surface area contributed by atoms with E-state index in [0.717, 1.165) is 0 Å². The second-order valence-electron chi connectivity index (χ2n) is 2.68. The number of rotatable bonds is 3. The lowest BCUT2D eigenvalue weighted by Gasteiger charge is -2.05. The van der Waals surface area contributed by atoms with E-state index in [1.165, 1.54) is 24.3 Å². The van der Waals surface area contributed by atoms with Crippen molar-refractivity contribution in [2.45, 2.75) is 12.2 Å². The first kappa shape index (κ1) is 11.4. The maximum atomic E-state index is 12.4. The molecule has 78 valence electrons. The number of benzene rings is 1. The Hall–Kier alpha value is -0.680. The smallest absolute Gasteiger partial charge is 0.212 e. The van der Waals surface area contributed by atoms with Gasteiger partial charge in [0.25, 0.3) is 6.43 Å². The van der Waals surface area contributed by atoms with Gasteiger partial charge in [0.1, 0.15) is 0 Å². The molecular weight excluding hydrogens is 234 g/mol. The lowest BCUT2D eigenvalue weighted by atomic mass is 10.1. The van der Waals surface area contributed by atoms with Crippen LogP contribution in [0.4, 0.5) is 8.78 Å². The van der Waals surface area contributed by atoms with Gasteiger partial charge in [0.15, 0.2) is 0 Å². The van der Waals surface area contributed by atoms with Crippen molar-refractivity contribution in [3.63, 3.8) is 0 Å². The highest BCUT2D eigenvalue weighted by Crippen LogP contribution is 2.24. The van der Waals surface area contributed by atoms with E-state index in [1.54, 1.807) is 0 Å². The average Bonchev–Trinajstić information content (AvgIpc) is 2.01. The van der Waals surface area contributed by atoms with Crippen LogP contribution in [0.5, 0.6) is 0 Å². The third-order valence-electron chi connectivity index (χ3n) is 1.62. The fraction of sp³-hybridized carbons (Fsp3) is 0.250. The molecule has 0 unspecified atom stereocenters. The number of hydrogen-bond acceptors (Lipinski definition) is 2. The van der Waals surface area contributed by atoms with E-state index in [2.05, 4.69) is 0 Å². The Balaban J connectivity index is 3.08. The molecule has 0 heterocycles. The summed E-state index contributed by atoms with van der Waals surface area (Å²) < 4.78 is 46.1. The predicted octanol–water partition coefficient (Wildman–Crippen LogP) is 2.69. The van der Waals surface area contributed by atoms with E-state index in [4.69, 9.17) is 10.7 Å². The molecule has 0 fully saturated rings. The minimum atomic E-state index is -3.79. The number of alkyl halides is 2. The molecule has 0 spiro atoms. The van der Waals surface area contributed by atoms with E-state index in [1.807, 2.05) is 0 Å². The van der Waals surface area contributed by atoms with Crippen LogP contribution in [-0.2, 0) is 14.8 Å². The maximum Gasteiger partial charge on any atom is 0.264 e. The van der Waals surface area contributed by atoms with Crippen LogP contribution in [-0.4, -0.2) is 8.42 Å². The first-order chi connectivity index (χ1) is 6.40. The molecule has 0 aliphatic heterocycles. The van der Waals surface area contributed by atoms with Crippen molar-refractivity contribution in [2.75, 3.05) is 0 Å². The minimum Gasteiger partial charge on any atom is -0.212 e. The number of hydrogen-bond donors (Lipinski definition) is 0. The van der Waals surface area contributed by atoms with Crippen molar-refractivity contribution in [1.29, 1.82) is 0 Å².